The van der Waals surface area contributed by atoms with E-state index >= 15 is 0 Å². The zero-order valence-electron chi connectivity index (χ0n) is 12.7. The highest BCUT2D eigenvalue weighted by atomic mass is 16.4. The molecule has 0 bridgehead atoms. The first-order chi connectivity index (χ1) is 9.92. The summed E-state index contributed by atoms with van der Waals surface area (Å²) in [5.74, 6) is -0.605. The molecule has 1 N–H and O–H groups in total. The molecule has 0 spiro atoms. The molecule has 114 valence electrons. The lowest BCUT2D eigenvalue weighted by molar-refractivity contribution is -0.153. The molecule has 1 aromatic carbocycles. The van der Waals surface area contributed by atoms with E-state index in [2.05, 4.69) is 0 Å². The SMILES string of the molecule is CC(CC(=O)N1CCCC(C)(C(=O)O)C1)c1ccccc1. The number of carbonyl (C=O) groups excluding carboxylic acids is 1. The third kappa shape index (κ3) is 3.63. The second-order valence-corrected chi connectivity index (χ2v) is 6.30. The standard InChI is InChI=1S/C17H23NO3/c1-13(14-7-4-3-5-8-14)11-15(19)18-10-6-9-17(2,12-18)16(20)21/h3-5,7-8,13H,6,9-12H2,1-2H3,(H,20,21). The summed E-state index contributed by atoms with van der Waals surface area (Å²) in [5.41, 5.74) is 0.341. The Morgan fingerprint density at radius 2 is 2.00 bits per heavy atom. The van der Waals surface area contributed by atoms with E-state index in [9.17, 15) is 14.7 Å². The van der Waals surface area contributed by atoms with Gasteiger partial charge in [0.1, 0.15) is 0 Å². The number of hydrogen-bond acceptors (Lipinski definition) is 2. The highest BCUT2D eigenvalue weighted by Crippen LogP contribution is 2.31. The van der Waals surface area contributed by atoms with Crippen molar-refractivity contribution in [2.45, 2.75) is 39.0 Å². The fourth-order valence-electron chi connectivity index (χ4n) is 2.92. The maximum absolute atomic E-state index is 12.4. The van der Waals surface area contributed by atoms with Crippen molar-refractivity contribution in [2.24, 2.45) is 5.41 Å². The summed E-state index contributed by atoms with van der Waals surface area (Å²) in [6, 6.07) is 9.95. The third-order valence-corrected chi connectivity index (χ3v) is 4.41. The fourth-order valence-corrected chi connectivity index (χ4v) is 2.92. The van der Waals surface area contributed by atoms with Gasteiger partial charge in [0.15, 0.2) is 0 Å². The Bertz CT molecular complexity index is 514. The molecule has 4 heteroatoms. The molecular formula is C17H23NO3. The number of nitrogens with zero attached hydrogens (tertiary/aromatic N) is 1. The zero-order valence-corrected chi connectivity index (χ0v) is 12.7. The third-order valence-electron chi connectivity index (χ3n) is 4.41. The summed E-state index contributed by atoms with van der Waals surface area (Å²) in [6.07, 6.45) is 1.83. The van der Waals surface area contributed by atoms with Gasteiger partial charge in [-0.15, -0.1) is 0 Å². The number of carbonyl (C=O) groups is 2. The minimum atomic E-state index is -0.809. The van der Waals surface area contributed by atoms with E-state index in [0.717, 1.165) is 12.0 Å². The Balaban J connectivity index is 1.99. The van der Waals surface area contributed by atoms with Crippen molar-refractivity contribution in [3.05, 3.63) is 35.9 Å². The van der Waals surface area contributed by atoms with Crippen LogP contribution in [0.1, 0.15) is 44.6 Å². The van der Waals surface area contributed by atoms with Gasteiger partial charge < -0.3 is 10.0 Å². The normalized spacial score (nSPS) is 23.6. The second-order valence-electron chi connectivity index (χ2n) is 6.30. The molecule has 4 nitrogen and oxygen atoms in total. The summed E-state index contributed by atoms with van der Waals surface area (Å²) < 4.78 is 0. The summed E-state index contributed by atoms with van der Waals surface area (Å²) >= 11 is 0. The van der Waals surface area contributed by atoms with E-state index in [1.54, 1.807) is 11.8 Å². The van der Waals surface area contributed by atoms with Crippen molar-refractivity contribution in [3.63, 3.8) is 0 Å². The fraction of sp³-hybridized carbons (Fsp3) is 0.529. The lowest BCUT2D eigenvalue weighted by atomic mass is 9.81. The molecule has 2 rings (SSSR count). The van der Waals surface area contributed by atoms with Crippen LogP contribution in [0.4, 0.5) is 0 Å². The summed E-state index contributed by atoms with van der Waals surface area (Å²) in [7, 11) is 0. The molecule has 1 aliphatic heterocycles. The zero-order chi connectivity index (χ0) is 15.5. The molecular weight excluding hydrogens is 266 g/mol. The molecule has 0 aromatic heterocycles. The van der Waals surface area contributed by atoms with Gasteiger partial charge in [-0.3, -0.25) is 9.59 Å². The molecule has 2 atom stereocenters. The molecule has 1 heterocycles. The van der Waals surface area contributed by atoms with Crippen molar-refractivity contribution in [2.75, 3.05) is 13.1 Å². The predicted molar refractivity (Wildman–Crippen MR) is 81.0 cm³/mol. The van der Waals surface area contributed by atoms with Crippen molar-refractivity contribution in [1.82, 2.24) is 4.90 Å². The van der Waals surface area contributed by atoms with E-state index in [0.29, 0.717) is 25.9 Å². The van der Waals surface area contributed by atoms with Gasteiger partial charge in [-0.25, -0.2) is 0 Å². The van der Waals surface area contributed by atoms with Gasteiger partial charge in [-0.2, -0.15) is 0 Å². The number of aliphatic carboxylic acids is 1. The number of hydrogen-bond donors (Lipinski definition) is 1. The van der Waals surface area contributed by atoms with Crippen LogP contribution in [0.15, 0.2) is 30.3 Å². The highest BCUT2D eigenvalue weighted by Gasteiger charge is 2.39. The number of rotatable bonds is 4. The van der Waals surface area contributed by atoms with Gasteiger partial charge in [0, 0.05) is 19.5 Å². The van der Waals surface area contributed by atoms with Crippen LogP contribution < -0.4 is 0 Å². The van der Waals surface area contributed by atoms with E-state index in [4.69, 9.17) is 0 Å². The molecule has 2 unspecified atom stereocenters. The molecule has 21 heavy (non-hydrogen) atoms. The van der Waals surface area contributed by atoms with Gasteiger partial charge in [-0.1, -0.05) is 37.3 Å². The van der Waals surface area contributed by atoms with Gasteiger partial charge >= 0.3 is 5.97 Å². The Kier molecular flexibility index (Phi) is 4.66. The topological polar surface area (TPSA) is 57.6 Å². The maximum atomic E-state index is 12.4. The van der Waals surface area contributed by atoms with Crippen molar-refractivity contribution in [3.8, 4) is 0 Å². The molecule has 1 aliphatic rings. The summed E-state index contributed by atoms with van der Waals surface area (Å²) in [6.45, 7) is 4.76. The van der Waals surface area contributed by atoms with Gasteiger partial charge in [-0.05, 0) is 31.2 Å². The Hall–Kier alpha value is -1.84. The second kappa shape index (κ2) is 6.29. The molecule has 0 saturated carbocycles. The Morgan fingerprint density at radius 3 is 2.62 bits per heavy atom. The number of benzene rings is 1. The van der Waals surface area contributed by atoms with Crippen LogP contribution in [0.2, 0.25) is 0 Å². The first-order valence-corrected chi connectivity index (χ1v) is 7.48. The summed E-state index contributed by atoms with van der Waals surface area (Å²) in [4.78, 5) is 25.5. The van der Waals surface area contributed by atoms with Gasteiger partial charge in [0.25, 0.3) is 0 Å². The summed E-state index contributed by atoms with van der Waals surface area (Å²) in [5, 5.41) is 9.32. The van der Waals surface area contributed by atoms with Crippen LogP contribution in [0.5, 0.6) is 0 Å². The molecule has 1 fully saturated rings. The van der Waals surface area contributed by atoms with Gasteiger partial charge in [0.05, 0.1) is 5.41 Å². The Morgan fingerprint density at radius 1 is 1.33 bits per heavy atom. The number of piperidine rings is 1. The predicted octanol–water partition coefficient (Wildman–Crippen LogP) is 2.89. The smallest absolute Gasteiger partial charge is 0.311 e. The van der Waals surface area contributed by atoms with E-state index in [-0.39, 0.29) is 11.8 Å². The van der Waals surface area contributed by atoms with Crippen molar-refractivity contribution >= 4 is 11.9 Å². The van der Waals surface area contributed by atoms with Gasteiger partial charge in [0.2, 0.25) is 5.91 Å². The first-order valence-electron chi connectivity index (χ1n) is 7.48. The molecule has 1 saturated heterocycles. The molecule has 0 radical (unpaired) electrons. The van der Waals surface area contributed by atoms with E-state index in [1.165, 1.54) is 0 Å². The van der Waals surface area contributed by atoms with Crippen LogP contribution in [0.3, 0.4) is 0 Å². The Labute approximate surface area is 125 Å². The van der Waals surface area contributed by atoms with Crippen molar-refractivity contribution < 1.29 is 14.7 Å². The number of amides is 1. The van der Waals surface area contributed by atoms with Crippen LogP contribution in [0, 0.1) is 5.41 Å². The number of carboxylic acids is 1. The average Bonchev–Trinajstić information content (AvgIpc) is 2.48. The van der Waals surface area contributed by atoms with E-state index in [1.807, 2.05) is 37.3 Å². The quantitative estimate of drug-likeness (QED) is 0.927. The van der Waals surface area contributed by atoms with Crippen LogP contribution in [-0.2, 0) is 9.59 Å². The number of carboxylic acid groups (broad SMARTS) is 1. The highest BCUT2D eigenvalue weighted by molar-refractivity contribution is 5.80. The van der Waals surface area contributed by atoms with Crippen LogP contribution in [-0.4, -0.2) is 35.0 Å². The largest absolute Gasteiger partial charge is 0.481 e. The minimum Gasteiger partial charge on any atom is -0.481 e. The maximum Gasteiger partial charge on any atom is 0.311 e. The lowest BCUT2D eigenvalue weighted by Crippen LogP contribution is -2.48. The molecule has 1 amide bonds. The van der Waals surface area contributed by atoms with Crippen LogP contribution in [0.25, 0.3) is 0 Å². The number of likely N-dealkylation sites (tertiary alicyclic amines) is 1. The average molecular weight is 289 g/mol. The molecule has 0 aliphatic carbocycles. The minimum absolute atomic E-state index is 0.0542. The monoisotopic (exact) mass is 289 g/mol. The van der Waals surface area contributed by atoms with Crippen LogP contribution >= 0.6 is 0 Å². The van der Waals surface area contributed by atoms with Crippen molar-refractivity contribution in [1.29, 1.82) is 0 Å². The van der Waals surface area contributed by atoms with E-state index < -0.39 is 11.4 Å². The molecule has 1 aromatic rings. The lowest BCUT2D eigenvalue weighted by Gasteiger charge is -2.38. The first kappa shape index (κ1) is 15.5.